The van der Waals surface area contributed by atoms with E-state index in [1.165, 1.54) is 38.3 Å². The molecule has 0 heterocycles. The molecule has 0 radical (unpaired) electrons. The van der Waals surface area contributed by atoms with E-state index >= 15 is 0 Å². The predicted octanol–water partition coefficient (Wildman–Crippen LogP) is 2.13. The number of methoxy groups -OCH3 is 1. The number of aliphatic hydroxyl groups is 1. The minimum absolute atomic E-state index is 0.00771. The number of carbonyl (C=O) groups is 1. The number of rotatable bonds is 5. The topological polar surface area (TPSA) is 55.8 Å². The van der Waals surface area contributed by atoms with Crippen molar-refractivity contribution >= 4 is 5.97 Å². The Kier molecular flexibility index (Phi) is 5.03. The second-order valence-electron chi connectivity index (χ2n) is 3.70. The second-order valence-corrected chi connectivity index (χ2v) is 3.70. The Hall–Kier alpha value is -1.69. The number of halogens is 2. The smallest absolute Gasteiger partial charge is 0.387 e. The molecule has 0 saturated heterocycles. The van der Waals surface area contributed by atoms with Gasteiger partial charge in [0.1, 0.15) is 5.75 Å². The van der Waals surface area contributed by atoms with Crippen molar-refractivity contribution in [2.75, 3.05) is 7.11 Å². The monoisotopic (exact) mass is 260 g/mol. The quantitative estimate of drug-likeness (QED) is 0.824. The fourth-order valence-corrected chi connectivity index (χ4v) is 1.45. The summed E-state index contributed by atoms with van der Waals surface area (Å²) >= 11 is 0. The molecular formula is C12H14F2O4. The van der Waals surface area contributed by atoms with Gasteiger partial charge in [0, 0.05) is 0 Å². The molecule has 18 heavy (non-hydrogen) atoms. The van der Waals surface area contributed by atoms with Gasteiger partial charge in [-0.05, 0) is 24.6 Å². The van der Waals surface area contributed by atoms with Gasteiger partial charge in [-0.1, -0.05) is 12.1 Å². The van der Waals surface area contributed by atoms with Crippen LogP contribution in [-0.2, 0) is 9.53 Å². The molecule has 0 aliphatic heterocycles. The Morgan fingerprint density at radius 2 is 1.83 bits per heavy atom. The van der Waals surface area contributed by atoms with Crippen molar-refractivity contribution in [3.05, 3.63) is 29.8 Å². The third-order valence-electron chi connectivity index (χ3n) is 2.49. The number of alkyl halides is 2. The Balaban J connectivity index is 2.75. The molecule has 2 atom stereocenters. The fourth-order valence-electron chi connectivity index (χ4n) is 1.45. The highest BCUT2D eigenvalue weighted by Gasteiger charge is 2.24. The van der Waals surface area contributed by atoms with Gasteiger partial charge in [0.2, 0.25) is 0 Å². The van der Waals surface area contributed by atoms with E-state index < -0.39 is 24.6 Å². The fraction of sp³-hybridized carbons (Fsp3) is 0.417. The highest BCUT2D eigenvalue weighted by atomic mass is 19.3. The van der Waals surface area contributed by atoms with E-state index in [-0.39, 0.29) is 5.75 Å². The summed E-state index contributed by atoms with van der Waals surface area (Å²) in [6, 6.07) is 5.44. The Morgan fingerprint density at radius 1 is 1.28 bits per heavy atom. The van der Waals surface area contributed by atoms with Gasteiger partial charge in [0.15, 0.2) is 0 Å². The average Bonchev–Trinajstić information content (AvgIpc) is 2.36. The van der Waals surface area contributed by atoms with Gasteiger partial charge < -0.3 is 14.6 Å². The van der Waals surface area contributed by atoms with Gasteiger partial charge in [0.25, 0.3) is 0 Å². The lowest BCUT2D eigenvalue weighted by Gasteiger charge is -2.17. The normalized spacial score (nSPS) is 14.1. The predicted molar refractivity (Wildman–Crippen MR) is 59.2 cm³/mol. The van der Waals surface area contributed by atoms with Crippen molar-refractivity contribution in [3.8, 4) is 5.75 Å². The molecule has 1 rings (SSSR count). The number of carbonyl (C=O) groups excluding carboxylic acids is 1. The summed E-state index contributed by atoms with van der Waals surface area (Å²) in [4.78, 5) is 11.2. The minimum atomic E-state index is -2.89. The zero-order valence-corrected chi connectivity index (χ0v) is 9.97. The molecule has 1 aromatic rings. The van der Waals surface area contributed by atoms with E-state index in [0.29, 0.717) is 5.56 Å². The van der Waals surface area contributed by atoms with Crippen molar-refractivity contribution in [1.29, 1.82) is 0 Å². The van der Waals surface area contributed by atoms with E-state index in [1.54, 1.807) is 0 Å². The van der Waals surface area contributed by atoms with Gasteiger partial charge in [-0.25, -0.2) is 0 Å². The molecule has 100 valence electrons. The molecule has 1 aromatic carbocycles. The molecule has 6 heteroatoms. The first kappa shape index (κ1) is 14.4. The van der Waals surface area contributed by atoms with Crippen LogP contribution < -0.4 is 4.74 Å². The molecule has 4 nitrogen and oxygen atoms in total. The summed E-state index contributed by atoms with van der Waals surface area (Å²) < 4.78 is 32.5. The molecule has 0 aliphatic rings. The van der Waals surface area contributed by atoms with Crippen LogP contribution in [0.4, 0.5) is 8.78 Å². The summed E-state index contributed by atoms with van der Waals surface area (Å²) in [6.07, 6.45) is -1.06. The van der Waals surface area contributed by atoms with Crippen molar-refractivity contribution in [3.63, 3.8) is 0 Å². The van der Waals surface area contributed by atoms with Crippen LogP contribution in [0.2, 0.25) is 0 Å². The first-order chi connectivity index (χ1) is 8.45. The Bertz CT molecular complexity index is 392. The maximum atomic E-state index is 11.9. The highest BCUT2D eigenvalue weighted by molar-refractivity contribution is 5.72. The van der Waals surface area contributed by atoms with E-state index in [4.69, 9.17) is 0 Å². The van der Waals surface area contributed by atoms with Crippen LogP contribution >= 0.6 is 0 Å². The van der Waals surface area contributed by atoms with Gasteiger partial charge in [-0.15, -0.1) is 0 Å². The number of ether oxygens (including phenoxy) is 2. The lowest BCUT2D eigenvalue weighted by Crippen LogP contribution is -2.20. The van der Waals surface area contributed by atoms with E-state index in [9.17, 15) is 18.7 Å². The van der Waals surface area contributed by atoms with Crippen molar-refractivity contribution < 1.29 is 28.2 Å². The maximum absolute atomic E-state index is 11.9. The summed E-state index contributed by atoms with van der Waals surface area (Å²) in [7, 11) is 1.23. The molecule has 0 aliphatic carbocycles. The summed E-state index contributed by atoms with van der Waals surface area (Å²) in [6.45, 7) is -1.38. The van der Waals surface area contributed by atoms with Crippen LogP contribution in [0.15, 0.2) is 24.3 Å². The zero-order chi connectivity index (χ0) is 13.7. The van der Waals surface area contributed by atoms with E-state index in [0.717, 1.165) is 0 Å². The van der Waals surface area contributed by atoms with Crippen molar-refractivity contribution in [1.82, 2.24) is 0 Å². The molecule has 0 spiro atoms. The lowest BCUT2D eigenvalue weighted by molar-refractivity contribution is -0.148. The third kappa shape index (κ3) is 3.66. The van der Waals surface area contributed by atoms with Crippen LogP contribution in [0.5, 0.6) is 5.75 Å². The number of benzene rings is 1. The van der Waals surface area contributed by atoms with Gasteiger partial charge in [0.05, 0.1) is 19.1 Å². The number of esters is 1. The van der Waals surface area contributed by atoms with Crippen LogP contribution in [0.1, 0.15) is 18.6 Å². The zero-order valence-electron chi connectivity index (χ0n) is 9.97. The average molecular weight is 260 g/mol. The summed E-state index contributed by atoms with van der Waals surface area (Å²) in [5, 5.41) is 9.87. The van der Waals surface area contributed by atoms with Crippen molar-refractivity contribution in [2.45, 2.75) is 19.6 Å². The molecule has 1 N–H and O–H groups in total. The largest absolute Gasteiger partial charge is 0.469 e. The van der Waals surface area contributed by atoms with Crippen molar-refractivity contribution in [2.24, 2.45) is 5.92 Å². The molecule has 0 aromatic heterocycles. The number of hydrogen-bond acceptors (Lipinski definition) is 4. The Morgan fingerprint density at radius 3 is 2.28 bits per heavy atom. The first-order valence-electron chi connectivity index (χ1n) is 5.26. The molecule has 0 saturated carbocycles. The second kappa shape index (κ2) is 6.30. The molecule has 0 amide bonds. The summed E-state index contributed by atoms with van der Waals surface area (Å²) in [5.74, 6) is -1.29. The summed E-state index contributed by atoms with van der Waals surface area (Å²) in [5.41, 5.74) is 0.425. The van der Waals surface area contributed by atoms with Crippen LogP contribution in [0.3, 0.4) is 0 Å². The number of aliphatic hydroxyl groups excluding tert-OH is 1. The standard InChI is InChI=1S/C12H14F2O4/c1-7(11(16)17-2)10(15)8-3-5-9(6-4-8)18-12(13)14/h3-7,10,12,15H,1-2H3. The molecular weight excluding hydrogens is 246 g/mol. The van der Waals surface area contributed by atoms with Gasteiger partial charge in [-0.2, -0.15) is 8.78 Å². The first-order valence-corrected chi connectivity index (χ1v) is 5.26. The SMILES string of the molecule is COC(=O)C(C)C(O)c1ccc(OC(F)F)cc1. The molecule has 0 fully saturated rings. The van der Waals surface area contributed by atoms with Gasteiger partial charge >= 0.3 is 12.6 Å². The minimum Gasteiger partial charge on any atom is -0.469 e. The molecule has 2 unspecified atom stereocenters. The van der Waals surface area contributed by atoms with E-state index in [2.05, 4.69) is 9.47 Å². The number of hydrogen-bond donors (Lipinski definition) is 1. The van der Waals surface area contributed by atoms with Crippen LogP contribution in [0.25, 0.3) is 0 Å². The van der Waals surface area contributed by atoms with Crippen LogP contribution in [-0.4, -0.2) is 24.8 Å². The lowest BCUT2D eigenvalue weighted by atomic mass is 9.97. The Labute approximate surface area is 103 Å². The third-order valence-corrected chi connectivity index (χ3v) is 2.49. The van der Waals surface area contributed by atoms with E-state index in [1.807, 2.05) is 0 Å². The van der Waals surface area contributed by atoms with Crippen LogP contribution in [0, 0.1) is 5.92 Å². The maximum Gasteiger partial charge on any atom is 0.387 e. The highest BCUT2D eigenvalue weighted by Crippen LogP contribution is 2.25. The van der Waals surface area contributed by atoms with Gasteiger partial charge in [-0.3, -0.25) is 4.79 Å². The molecule has 0 bridgehead atoms.